The number of rotatable bonds is 5. The number of hydrogen-bond donors (Lipinski definition) is 2. The van der Waals surface area contributed by atoms with Crippen LogP contribution in [0.4, 0.5) is 17.5 Å². The first-order chi connectivity index (χ1) is 13.9. The van der Waals surface area contributed by atoms with Crippen LogP contribution in [0.2, 0.25) is 0 Å². The minimum Gasteiger partial charge on any atom is -0.352 e. The van der Waals surface area contributed by atoms with Crippen LogP contribution in [0.25, 0.3) is 0 Å². The van der Waals surface area contributed by atoms with Crippen molar-refractivity contribution in [3.05, 3.63) is 47.9 Å². The Morgan fingerprint density at radius 2 is 1.79 bits per heavy atom. The number of nitrogens with one attached hydrogen (secondary N) is 2. The second kappa shape index (κ2) is 7.76. The molecule has 0 radical (unpaired) electrons. The predicted octanol–water partition coefficient (Wildman–Crippen LogP) is 1.47. The number of nitrogens with zero attached hydrogens (tertiary/aromatic N) is 6. The second-order valence-corrected chi connectivity index (χ2v) is 8.65. The Morgan fingerprint density at radius 1 is 1.00 bits per heavy atom. The number of aromatic nitrogens is 5. The molecule has 3 aromatic rings. The molecule has 1 fully saturated rings. The first-order valence-corrected chi connectivity index (χ1v) is 10.7. The highest BCUT2D eigenvalue weighted by atomic mass is 32.2. The monoisotopic (exact) mass is 414 g/mol. The fourth-order valence-corrected chi connectivity index (χ4v) is 5.09. The van der Waals surface area contributed by atoms with Gasteiger partial charge in [0.1, 0.15) is 10.7 Å². The van der Waals surface area contributed by atoms with E-state index in [1.165, 1.54) is 4.31 Å². The molecule has 0 saturated carbocycles. The summed E-state index contributed by atoms with van der Waals surface area (Å²) in [5, 5.41) is 18.3. The SMILES string of the molecule is Cc1n[nH]c(C)c1S(=O)(=O)N1CCN(c2ccc(Nc3ccccn3)nn2)CC1. The van der Waals surface area contributed by atoms with E-state index in [-0.39, 0.29) is 4.90 Å². The summed E-state index contributed by atoms with van der Waals surface area (Å²) in [6, 6.07) is 9.27. The van der Waals surface area contributed by atoms with Gasteiger partial charge in [0.25, 0.3) is 0 Å². The van der Waals surface area contributed by atoms with Crippen molar-refractivity contribution in [2.45, 2.75) is 18.7 Å². The van der Waals surface area contributed by atoms with Crippen molar-refractivity contribution >= 4 is 27.5 Å². The van der Waals surface area contributed by atoms with Crippen molar-refractivity contribution < 1.29 is 8.42 Å². The van der Waals surface area contributed by atoms with E-state index in [1.54, 1.807) is 20.0 Å². The van der Waals surface area contributed by atoms with E-state index >= 15 is 0 Å². The van der Waals surface area contributed by atoms with Gasteiger partial charge in [0.2, 0.25) is 10.0 Å². The summed E-state index contributed by atoms with van der Waals surface area (Å²) in [6.45, 7) is 5.25. The van der Waals surface area contributed by atoms with Crippen molar-refractivity contribution in [1.82, 2.24) is 29.7 Å². The van der Waals surface area contributed by atoms with Gasteiger partial charge in [-0.1, -0.05) is 6.07 Å². The molecule has 1 aliphatic heterocycles. The van der Waals surface area contributed by atoms with Gasteiger partial charge in [0.05, 0.1) is 11.4 Å². The van der Waals surface area contributed by atoms with E-state index in [0.717, 1.165) is 0 Å². The van der Waals surface area contributed by atoms with Crippen molar-refractivity contribution in [3.63, 3.8) is 0 Å². The molecule has 0 bridgehead atoms. The van der Waals surface area contributed by atoms with Gasteiger partial charge in [-0.15, -0.1) is 10.2 Å². The third kappa shape index (κ3) is 3.91. The molecule has 29 heavy (non-hydrogen) atoms. The molecule has 1 saturated heterocycles. The Morgan fingerprint density at radius 3 is 2.38 bits per heavy atom. The lowest BCUT2D eigenvalue weighted by molar-refractivity contribution is 0.383. The van der Waals surface area contributed by atoms with Crippen LogP contribution in [0.5, 0.6) is 0 Å². The fourth-order valence-electron chi connectivity index (χ4n) is 3.34. The molecule has 1 aliphatic rings. The molecule has 3 aromatic heterocycles. The maximum absolute atomic E-state index is 13.0. The minimum absolute atomic E-state index is 0.274. The topological polar surface area (TPSA) is 120 Å². The smallest absolute Gasteiger partial charge is 0.246 e. The van der Waals surface area contributed by atoms with Crippen molar-refractivity contribution in [1.29, 1.82) is 0 Å². The summed E-state index contributed by atoms with van der Waals surface area (Å²) >= 11 is 0. The van der Waals surface area contributed by atoms with E-state index in [4.69, 9.17) is 0 Å². The Hall–Kier alpha value is -3.05. The van der Waals surface area contributed by atoms with Crippen molar-refractivity contribution in [3.8, 4) is 0 Å². The highest BCUT2D eigenvalue weighted by Crippen LogP contribution is 2.24. The number of aryl methyl sites for hydroxylation is 2. The van der Waals surface area contributed by atoms with E-state index in [1.807, 2.05) is 35.2 Å². The van der Waals surface area contributed by atoms with Crippen LogP contribution >= 0.6 is 0 Å². The van der Waals surface area contributed by atoms with Gasteiger partial charge in [-0.05, 0) is 38.1 Å². The van der Waals surface area contributed by atoms with Crippen LogP contribution in [-0.2, 0) is 10.0 Å². The second-order valence-electron chi connectivity index (χ2n) is 6.77. The summed E-state index contributed by atoms with van der Waals surface area (Å²) in [4.78, 5) is 6.49. The maximum Gasteiger partial charge on any atom is 0.246 e. The average molecular weight is 414 g/mol. The molecular formula is C18H22N8O2S. The molecule has 4 rings (SSSR count). The molecule has 4 heterocycles. The van der Waals surface area contributed by atoms with Gasteiger partial charge in [-0.3, -0.25) is 5.10 Å². The molecule has 0 spiro atoms. The maximum atomic E-state index is 13.0. The van der Waals surface area contributed by atoms with Crippen molar-refractivity contribution in [2.75, 3.05) is 36.4 Å². The van der Waals surface area contributed by atoms with Crippen LogP contribution in [0.3, 0.4) is 0 Å². The average Bonchev–Trinajstić information content (AvgIpc) is 3.08. The number of piperazine rings is 1. The van der Waals surface area contributed by atoms with Crippen LogP contribution in [0.15, 0.2) is 41.4 Å². The lowest BCUT2D eigenvalue weighted by Crippen LogP contribution is -2.49. The standard InChI is InChI=1S/C18H22N8O2S/c1-13-18(14(2)22-21-13)29(27,28)26-11-9-25(10-12-26)17-7-6-16(23-24-17)20-15-5-3-4-8-19-15/h3-8H,9-12H2,1-2H3,(H,21,22)(H,19,20,23). The van der Waals surface area contributed by atoms with Crippen LogP contribution in [0, 0.1) is 13.8 Å². The van der Waals surface area contributed by atoms with Gasteiger partial charge >= 0.3 is 0 Å². The third-order valence-corrected chi connectivity index (χ3v) is 6.96. The lowest BCUT2D eigenvalue weighted by Gasteiger charge is -2.34. The Bertz CT molecular complexity index is 1060. The summed E-state index contributed by atoms with van der Waals surface area (Å²) in [7, 11) is -3.57. The van der Waals surface area contributed by atoms with Crippen LogP contribution in [-0.4, -0.2) is 64.3 Å². The van der Waals surface area contributed by atoms with E-state index in [9.17, 15) is 8.42 Å². The summed E-state index contributed by atoms with van der Waals surface area (Å²) in [6.07, 6.45) is 1.70. The summed E-state index contributed by atoms with van der Waals surface area (Å²) < 4.78 is 27.4. The Balaban J connectivity index is 1.41. The first kappa shape index (κ1) is 19.3. The van der Waals surface area contributed by atoms with Gasteiger partial charge in [-0.2, -0.15) is 9.40 Å². The van der Waals surface area contributed by atoms with Crippen LogP contribution < -0.4 is 10.2 Å². The number of hydrogen-bond acceptors (Lipinski definition) is 8. The minimum atomic E-state index is -3.57. The molecule has 11 heteroatoms. The third-order valence-electron chi connectivity index (χ3n) is 4.79. The molecular weight excluding hydrogens is 392 g/mol. The Labute approximate surface area is 169 Å². The zero-order valence-electron chi connectivity index (χ0n) is 16.2. The molecule has 0 unspecified atom stereocenters. The quantitative estimate of drug-likeness (QED) is 0.644. The lowest BCUT2D eigenvalue weighted by atomic mass is 10.3. The van der Waals surface area contributed by atoms with E-state index < -0.39 is 10.0 Å². The predicted molar refractivity (Wildman–Crippen MR) is 109 cm³/mol. The molecule has 152 valence electrons. The molecule has 0 amide bonds. The molecule has 0 aliphatic carbocycles. The first-order valence-electron chi connectivity index (χ1n) is 9.23. The fraction of sp³-hybridized carbons (Fsp3) is 0.333. The zero-order chi connectivity index (χ0) is 20.4. The van der Waals surface area contributed by atoms with Crippen LogP contribution in [0.1, 0.15) is 11.4 Å². The van der Waals surface area contributed by atoms with E-state index in [0.29, 0.717) is 55.0 Å². The Kier molecular flexibility index (Phi) is 5.16. The van der Waals surface area contributed by atoms with Gasteiger partial charge in [-0.25, -0.2) is 13.4 Å². The molecule has 2 N–H and O–H groups in total. The highest BCUT2D eigenvalue weighted by molar-refractivity contribution is 7.89. The molecule has 10 nitrogen and oxygen atoms in total. The number of aromatic amines is 1. The highest BCUT2D eigenvalue weighted by Gasteiger charge is 2.32. The van der Waals surface area contributed by atoms with Gasteiger partial charge < -0.3 is 10.2 Å². The van der Waals surface area contributed by atoms with Gasteiger partial charge in [0.15, 0.2) is 11.6 Å². The van der Waals surface area contributed by atoms with Gasteiger partial charge in [0, 0.05) is 32.4 Å². The number of H-pyrrole nitrogens is 1. The molecule has 0 aromatic carbocycles. The zero-order valence-corrected chi connectivity index (χ0v) is 17.0. The summed E-state index contributed by atoms with van der Waals surface area (Å²) in [5.74, 6) is 2.00. The number of anilines is 3. The normalized spacial score (nSPS) is 15.4. The van der Waals surface area contributed by atoms with E-state index in [2.05, 4.69) is 30.7 Å². The largest absolute Gasteiger partial charge is 0.352 e. The summed E-state index contributed by atoms with van der Waals surface area (Å²) in [5.41, 5.74) is 1.05. The molecule has 0 atom stereocenters. The van der Waals surface area contributed by atoms with Crippen molar-refractivity contribution in [2.24, 2.45) is 0 Å². The number of pyridine rings is 1. The number of sulfonamides is 1.